The van der Waals surface area contributed by atoms with E-state index < -0.39 is 0 Å². The van der Waals surface area contributed by atoms with Crippen LogP contribution in [0.4, 0.5) is 0 Å². The molecule has 2 aliphatic carbocycles. The molecule has 0 bridgehead atoms. The molecule has 0 heterocycles. The summed E-state index contributed by atoms with van der Waals surface area (Å²) < 4.78 is 0. The lowest BCUT2D eigenvalue weighted by atomic mass is 9.55. The molecule has 1 aromatic carbocycles. The molecule has 118 valence electrons. The van der Waals surface area contributed by atoms with Gasteiger partial charge < -0.3 is 10.2 Å². The number of phenols is 2. The maximum atomic E-state index is 10.7. The van der Waals surface area contributed by atoms with Gasteiger partial charge in [-0.2, -0.15) is 0 Å². The number of allylic oxidation sites excluding steroid dienone is 3. The summed E-state index contributed by atoms with van der Waals surface area (Å²) in [6, 6.07) is 2.02. The Hall–Kier alpha value is -1.70. The quantitative estimate of drug-likeness (QED) is 0.676. The first-order chi connectivity index (χ1) is 10.2. The third-order valence-electron chi connectivity index (χ3n) is 5.91. The molecule has 0 unspecified atom stereocenters. The zero-order chi connectivity index (χ0) is 16.3. The Morgan fingerprint density at radius 1 is 1.09 bits per heavy atom. The lowest BCUT2D eigenvalue weighted by molar-refractivity contribution is 0.183. The first-order valence-corrected chi connectivity index (χ1v) is 8.18. The van der Waals surface area contributed by atoms with Gasteiger partial charge >= 0.3 is 0 Å². The van der Waals surface area contributed by atoms with Crippen LogP contribution in [0.15, 0.2) is 18.2 Å². The van der Waals surface area contributed by atoms with Crippen LogP contribution in [0.25, 0.3) is 11.6 Å². The molecule has 3 rings (SSSR count). The summed E-state index contributed by atoms with van der Waals surface area (Å²) in [7, 11) is 0. The first kappa shape index (κ1) is 15.2. The van der Waals surface area contributed by atoms with Crippen molar-refractivity contribution in [3.63, 3.8) is 0 Å². The van der Waals surface area contributed by atoms with Gasteiger partial charge in [-0.25, -0.2) is 0 Å². The number of fused-ring (bicyclic) bond motifs is 3. The van der Waals surface area contributed by atoms with Crippen molar-refractivity contribution in [2.24, 2.45) is 10.8 Å². The summed E-state index contributed by atoms with van der Waals surface area (Å²) in [5.74, 6) is 0.256. The van der Waals surface area contributed by atoms with E-state index >= 15 is 0 Å². The summed E-state index contributed by atoms with van der Waals surface area (Å²) in [4.78, 5) is 0. The second-order valence-corrected chi connectivity index (χ2v) is 7.86. The fraction of sp³-hybridized carbons (Fsp3) is 0.500. The minimum Gasteiger partial charge on any atom is -0.504 e. The predicted molar refractivity (Wildman–Crippen MR) is 92.0 cm³/mol. The zero-order valence-electron chi connectivity index (χ0n) is 14.2. The summed E-state index contributed by atoms with van der Waals surface area (Å²) >= 11 is 0. The largest absolute Gasteiger partial charge is 0.504 e. The Morgan fingerprint density at radius 2 is 1.77 bits per heavy atom. The van der Waals surface area contributed by atoms with E-state index in [2.05, 4.69) is 39.0 Å². The average molecular weight is 298 g/mol. The highest BCUT2D eigenvalue weighted by Gasteiger charge is 2.46. The van der Waals surface area contributed by atoms with E-state index in [1.165, 1.54) is 0 Å². The molecule has 22 heavy (non-hydrogen) atoms. The van der Waals surface area contributed by atoms with Crippen molar-refractivity contribution < 1.29 is 10.2 Å². The summed E-state index contributed by atoms with van der Waals surface area (Å²) in [6.07, 6.45) is 8.77. The van der Waals surface area contributed by atoms with Crippen molar-refractivity contribution in [3.05, 3.63) is 34.9 Å². The van der Waals surface area contributed by atoms with E-state index in [1.54, 1.807) is 0 Å². The molecule has 1 atom stereocenters. The molecule has 2 nitrogen and oxygen atoms in total. The third-order valence-corrected chi connectivity index (χ3v) is 5.91. The molecule has 0 radical (unpaired) electrons. The van der Waals surface area contributed by atoms with Gasteiger partial charge in [0.25, 0.3) is 0 Å². The van der Waals surface area contributed by atoms with Crippen LogP contribution < -0.4 is 0 Å². The summed E-state index contributed by atoms with van der Waals surface area (Å²) in [6.45, 7) is 10.9. The SMILES string of the molecule is CC(C)c1cc2c(c(O)c1O)C1=CCCC(C)(C)[C@@]1(C)C=C2. The van der Waals surface area contributed by atoms with Crippen LogP contribution in [0.2, 0.25) is 0 Å². The highest BCUT2D eigenvalue weighted by molar-refractivity contribution is 5.89. The smallest absolute Gasteiger partial charge is 0.166 e. The van der Waals surface area contributed by atoms with Crippen molar-refractivity contribution >= 4 is 11.6 Å². The molecule has 2 aliphatic rings. The fourth-order valence-corrected chi connectivity index (χ4v) is 3.90. The Morgan fingerprint density at radius 3 is 2.41 bits per heavy atom. The molecule has 0 spiro atoms. The number of rotatable bonds is 1. The summed E-state index contributed by atoms with van der Waals surface area (Å²) in [5, 5.41) is 21.1. The van der Waals surface area contributed by atoms with Crippen LogP contribution in [-0.2, 0) is 0 Å². The molecule has 0 aromatic heterocycles. The van der Waals surface area contributed by atoms with E-state index in [-0.39, 0.29) is 28.2 Å². The standard InChI is InChI=1S/C20H26O2/c1-12(2)14-11-13-8-10-20(5)15(7-6-9-19(20,3)4)16(13)18(22)17(14)21/h7-8,10-12,21-22H,6,9H2,1-5H3/t20-/m0/s1. The van der Waals surface area contributed by atoms with Gasteiger partial charge in [-0.3, -0.25) is 0 Å². The molecule has 0 amide bonds. The molecular formula is C20H26O2. The van der Waals surface area contributed by atoms with Crippen molar-refractivity contribution in [1.82, 2.24) is 0 Å². The van der Waals surface area contributed by atoms with Crippen molar-refractivity contribution in [3.8, 4) is 11.5 Å². The van der Waals surface area contributed by atoms with Gasteiger partial charge in [-0.1, -0.05) is 52.8 Å². The first-order valence-electron chi connectivity index (χ1n) is 8.18. The van der Waals surface area contributed by atoms with E-state index in [9.17, 15) is 10.2 Å². The normalized spacial score (nSPS) is 25.6. The zero-order valence-corrected chi connectivity index (χ0v) is 14.2. The number of aromatic hydroxyl groups is 2. The van der Waals surface area contributed by atoms with Crippen LogP contribution in [-0.4, -0.2) is 10.2 Å². The second-order valence-electron chi connectivity index (χ2n) is 7.86. The van der Waals surface area contributed by atoms with Gasteiger partial charge in [0, 0.05) is 16.5 Å². The van der Waals surface area contributed by atoms with Gasteiger partial charge in [0.1, 0.15) is 0 Å². The molecule has 2 heteroatoms. The monoisotopic (exact) mass is 298 g/mol. The molecule has 2 N–H and O–H groups in total. The number of benzene rings is 1. The van der Waals surface area contributed by atoms with Crippen molar-refractivity contribution in [2.75, 3.05) is 0 Å². The highest BCUT2D eigenvalue weighted by atomic mass is 16.3. The van der Waals surface area contributed by atoms with Crippen LogP contribution >= 0.6 is 0 Å². The molecule has 0 fully saturated rings. The van der Waals surface area contributed by atoms with Crippen LogP contribution in [0.1, 0.15) is 70.1 Å². The van der Waals surface area contributed by atoms with Crippen LogP contribution in [0.3, 0.4) is 0 Å². The fourth-order valence-electron chi connectivity index (χ4n) is 3.90. The minimum atomic E-state index is -0.110. The lowest BCUT2D eigenvalue weighted by Gasteiger charge is -2.49. The Bertz CT molecular complexity index is 692. The maximum Gasteiger partial charge on any atom is 0.166 e. The third kappa shape index (κ3) is 1.86. The van der Waals surface area contributed by atoms with E-state index in [4.69, 9.17) is 0 Å². The maximum absolute atomic E-state index is 10.7. The Kier molecular flexibility index (Phi) is 3.21. The molecule has 0 saturated heterocycles. The van der Waals surface area contributed by atoms with Gasteiger partial charge in [-0.15, -0.1) is 0 Å². The molecule has 0 aliphatic heterocycles. The van der Waals surface area contributed by atoms with E-state index in [0.29, 0.717) is 0 Å². The molecular weight excluding hydrogens is 272 g/mol. The van der Waals surface area contributed by atoms with Crippen LogP contribution in [0, 0.1) is 10.8 Å². The second kappa shape index (κ2) is 4.65. The Labute approximate surface area is 133 Å². The van der Waals surface area contributed by atoms with E-state index in [1.807, 2.05) is 19.9 Å². The van der Waals surface area contributed by atoms with Gasteiger partial charge in [0.15, 0.2) is 11.5 Å². The van der Waals surface area contributed by atoms with Crippen LogP contribution in [0.5, 0.6) is 11.5 Å². The molecule has 1 aromatic rings. The van der Waals surface area contributed by atoms with Gasteiger partial charge in [0.2, 0.25) is 0 Å². The number of phenolic OH excluding ortho intramolecular Hbond substituents is 2. The average Bonchev–Trinajstić information content (AvgIpc) is 2.43. The molecule has 0 saturated carbocycles. The topological polar surface area (TPSA) is 40.5 Å². The van der Waals surface area contributed by atoms with Gasteiger partial charge in [0.05, 0.1) is 0 Å². The van der Waals surface area contributed by atoms with Gasteiger partial charge in [-0.05, 0) is 41.4 Å². The predicted octanol–water partition coefficient (Wildman–Crippen LogP) is 5.46. The number of hydrogen-bond acceptors (Lipinski definition) is 2. The number of hydrogen-bond donors (Lipinski definition) is 2. The lowest BCUT2D eigenvalue weighted by Crippen LogP contribution is -2.38. The Balaban J connectivity index is 2.29. The van der Waals surface area contributed by atoms with Crippen molar-refractivity contribution in [1.29, 1.82) is 0 Å². The summed E-state index contributed by atoms with van der Waals surface area (Å²) in [5.41, 5.74) is 3.82. The highest BCUT2D eigenvalue weighted by Crippen LogP contribution is 2.60. The minimum absolute atomic E-state index is 0.0377. The van der Waals surface area contributed by atoms with E-state index in [0.717, 1.165) is 35.1 Å². The van der Waals surface area contributed by atoms with Crippen molar-refractivity contribution in [2.45, 2.75) is 53.4 Å².